The van der Waals surface area contributed by atoms with Gasteiger partial charge in [0.15, 0.2) is 6.61 Å². The molecule has 4 aromatic rings. The van der Waals surface area contributed by atoms with E-state index in [0.717, 1.165) is 21.6 Å². The maximum absolute atomic E-state index is 12.4. The third-order valence-corrected chi connectivity index (χ3v) is 5.55. The molecule has 0 atom stereocenters. The summed E-state index contributed by atoms with van der Waals surface area (Å²) in [5.41, 5.74) is 2.29. The zero-order chi connectivity index (χ0) is 20.4. The van der Waals surface area contributed by atoms with Crippen LogP contribution in [0.2, 0.25) is 5.02 Å². The highest BCUT2D eigenvalue weighted by Crippen LogP contribution is 2.31. The molecule has 4 rings (SSSR count). The Balaban J connectivity index is 1.49. The Morgan fingerprint density at radius 2 is 1.86 bits per heavy atom. The summed E-state index contributed by atoms with van der Waals surface area (Å²) >= 11 is 7.23. The molecular weight excluding hydrogens is 410 g/mol. The van der Waals surface area contributed by atoms with Crippen LogP contribution in [-0.2, 0) is 9.53 Å². The Hall–Kier alpha value is -3.16. The molecule has 8 heteroatoms. The van der Waals surface area contributed by atoms with Gasteiger partial charge < -0.3 is 10.1 Å². The standard InChI is InChI=1S/C21H16ClN3O3S/c1-13-17-11-18(21(27)28-12-19(26)23-15-5-3-2-4-6-15)29-20(17)25(24-13)16-9-7-14(22)8-10-16/h2-11H,12H2,1H3,(H,23,26). The smallest absolute Gasteiger partial charge is 0.348 e. The molecule has 0 bridgehead atoms. The summed E-state index contributed by atoms with van der Waals surface area (Å²) in [4.78, 5) is 25.7. The zero-order valence-electron chi connectivity index (χ0n) is 15.4. The van der Waals surface area contributed by atoms with Gasteiger partial charge in [-0.2, -0.15) is 5.10 Å². The van der Waals surface area contributed by atoms with E-state index in [2.05, 4.69) is 10.4 Å². The number of hydrogen-bond donors (Lipinski definition) is 1. The van der Waals surface area contributed by atoms with E-state index >= 15 is 0 Å². The van der Waals surface area contributed by atoms with E-state index in [1.165, 1.54) is 11.3 Å². The van der Waals surface area contributed by atoms with Crippen LogP contribution in [0.1, 0.15) is 15.4 Å². The van der Waals surface area contributed by atoms with Gasteiger partial charge in [-0.3, -0.25) is 4.79 Å². The van der Waals surface area contributed by atoms with Crippen molar-refractivity contribution >= 4 is 50.7 Å². The third-order valence-electron chi connectivity index (χ3n) is 4.21. The van der Waals surface area contributed by atoms with Crippen LogP contribution >= 0.6 is 22.9 Å². The van der Waals surface area contributed by atoms with E-state index in [-0.39, 0.29) is 6.61 Å². The fourth-order valence-electron chi connectivity index (χ4n) is 2.83. The fraction of sp³-hybridized carbons (Fsp3) is 0.0952. The molecule has 6 nitrogen and oxygen atoms in total. The fourth-order valence-corrected chi connectivity index (χ4v) is 4.03. The molecule has 0 spiro atoms. The second-order valence-corrected chi connectivity index (χ2v) is 7.76. The highest BCUT2D eigenvalue weighted by molar-refractivity contribution is 7.20. The minimum Gasteiger partial charge on any atom is -0.451 e. The Morgan fingerprint density at radius 3 is 2.59 bits per heavy atom. The van der Waals surface area contributed by atoms with Gasteiger partial charge in [-0.1, -0.05) is 29.8 Å². The van der Waals surface area contributed by atoms with Crippen molar-refractivity contribution in [3.63, 3.8) is 0 Å². The number of carbonyl (C=O) groups excluding carboxylic acids is 2. The van der Waals surface area contributed by atoms with Crippen LogP contribution in [0.25, 0.3) is 15.9 Å². The van der Waals surface area contributed by atoms with Crippen LogP contribution < -0.4 is 5.32 Å². The summed E-state index contributed by atoms with van der Waals surface area (Å²) in [6.45, 7) is 1.52. The predicted molar refractivity (Wildman–Crippen MR) is 114 cm³/mol. The summed E-state index contributed by atoms with van der Waals surface area (Å²) < 4.78 is 6.94. The number of rotatable bonds is 5. The number of aromatic nitrogens is 2. The zero-order valence-corrected chi connectivity index (χ0v) is 17.0. The van der Waals surface area contributed by atoms with Gasteiger partial charge in [0.2, 0.25) is 0 Å². The number of amides is 1. The molecule has 146 valence electrons. The molecule has 2 aromatic heterocycles. The first-order chi connectivity index (χ1) is 14.0. The molecular formula is C21H16ClN3O3S. The second kappa shape index (κ2) is 8.06. The number of anilines is 1. The van der Waals surface area contributed by atoms with Crippen molar-refractivity contribution in [3.05, 3.63) is 76.3 Å². The monoisotopic (exact) mass is 425 g/mol. The maximum Gasteiger partial charge on any atom is 0.348 e. The molecule has 0 saturated heterocycles. The van der Waals surface area contributed by atoms with E-state index < -0.39 is 11.9 Å². The molecule has 0 aliphatic rings. The number of carbonyl (C=O) groups is 2. The molecule has 0 unspecified atom stereocenters. The minimum atomic E-state index is -0.545. The number of hydrogen-bond acceptors (Lipinski definition) is 5. The summed E-state index contributed by atoms with van der Waals surface area (Å²) in [5, 5.41) is 8.72. The van der Waals surface area contributed by atoms with Crippen LogP contribution in [0, 0.1) is 6.92 Å². The lowest BCUT2D eigenvalue weighted by Gasteiger charge is -2.05. The van der Waals surface area contributed by atoms with Crippen molar-refractivity contribution in [2.75, 3.05) is 11.9 Å². The number of ether oxygens (including phenoxy) is 1. The third kappa shape index (κ3) is 4.16. The number of para-hydroxylation sites is 1. The number of fused-ring (bicyclic) bond motifs is 1. The molecule has 0 radical (unpaired) electrons. The molecule has 2 heterocycles. The number of benzene rings is 2. The van der Waals surface area contributed by atoms with Crippen molar-refractivity contribution in [2.45, 2.75) is 6.92 Å². The van der Waals surface area contributed by atoms with Crippen molar-refractivity contribution in [1.29, 1.82) is 0 Å². The van der Waals surface area contributed by atoms with Gasteiger partial charge in [-0.15, -0.1) is 11.3 Å². The quantitative estimate of drug-likeness (QED) is 0.464. The Morgan fingerprint density at radius 1 is 1.14 bits per heavy atom. The van der Waals surface area contributed by atoms with Gasteiger partial charge in [0.25, 0.3) is 5.91 Å². The highest BCUT2D eigenvalue weighted by Gasteiger charge is 2.19. The van der Waals surface area contributed by atoms with E-state index in [1.54, 1.807) is 35.0 Å². The highest BCUT2D eigenvalue weighted by atomic mass is 35.5. The van der Waals surface area contributed by atoms with Crippen molar-refractivity contribution in [1.82, 2.24) is 9.78 Å². The van der Waals surface area contributed by atoms with Gasteiger partial charge in [-0.25, -0.2) is 9.48 Å². The first-order valence-electron chi connectivity index (χ1n) is 8.78. The maximum atomic E-state index is 12.4. The van der Waals surface area contributed by atoms with Crippen molar-refractivity contribution in [2.24, 2.45) is 0 Å². The first-order valence-corrected chi connectivity index (χ1v) is 9.98. The first kappa shape index (κ1) is 19.2. The van der Waals surface area contributed by atoms with Crippen LogP contribution in [0.4, 0.5) is 5.69 Å². The van der Waals surface area contributed by atoms with Crippen LogP contribution in [-0.4, -0.2) is 28.3 Å². The Labute approximate surface area is 175 Å². The number of esters is 1. The summed E-state index contributed by atoms with van der Waals surface area (Å²) in [6, 6.07) is 18.0. The topological polar surface area (TPSA) is 73.2 Å². The molecule has 0 aliphatic heterocycles. The predicted octanol–water partition coefficient (Wildman–Crippen LogP) is 4.84. The molecule has 1 amide bonds. The summed E-state index contributed by atoms with van der Waals surface area (Å²) in [7, 11) is 0. The molecule has 0 saturated carbocycles. The van der Waals surface area contributed by atoms with Crippen LogP contribution in [0.5, 0.6) is 0 Å². The molecule has 0 fully saturated rings. The lowest BCUT2D eigenvalue weighted by molar-refractivity contribution is -0.119. The van der Waals surface area contributed by atoms with Gasteiger partial charge in [0.05, 0.1) is 11.4 Å². The largest absolute Gasteiger partial charge is 0.451 e. The Kier molecular flexibility index (Phi) is 5.33. The van der Waals surface area contributed by atoms with E-state index in [4.69, 9.17) is 16.3 Å². The number of nitrogens with zero attached hydrogens (tertiary/aromatic N) is 2. The van der Waals surface area contributed by atoms with E-state index in [0.29, 0.717) is 15.6 Å². The molecule has 2 aromatic carbocycles. The average Bonchev–Trinajstić information content (AvgIpc) is 3.28. The Bertz CT molecular complexity index is 1180. The molecule has 29 heavy (non-hydrogen) atoms. The lowest BCUT2D eigenvalue weighted by atomic mass is 10.3. The second-order valence-electron chi connectivity index (χ2n) is 6.29. The van der Waals surface area contributed by atoms with Crippen LogP contribution in [0.3, 0.4) is 0 Å². The van der Waals surface area contributed by atoms with Gasteiger partial charge >= 0.3 is 5.97 Å². The van der Waals surface area contributed by atoms with Crippen molar-refractivity contribution in [3.8, 4) is 5.69 Å². The number of nitrogens with one attached hydrogen (secondary N) is 1. The lowest BCUT2D eigenvalue weighted by Crippen LogP contribution is -2.20. The van der Waals surface area contributed by atoms with E-state index in [9.17, 15) is 9.59 Å². The molecule has 0 aliphatic carbocycles. The van der Waals surface area contributed by atoms with Gasteiger partial charge in [0, 0.05) is 16.1 Å². The van der Waals surface area contributed by atoms with Gasteiger partial charge in [0.1, 0.15) is 9.71 Å². The molecule has 1 N–H and O–H groups in total. The number of thiophene rings is 1. The van der Waals surface area contributed by atoms with Crippen LogP contribution in [0.15, 0.2) is 60.7 Å². The van der Waals surface area contributed by atoms with Crippen molar-refractivity contribution < 1.29 is 14.3 Å². The normalized spacial score (nSPS) is 10.8. The average molecular weight is 426 g/mol. The minimum absolute atomic E-state index is 0.357. The summed E-state index contributed by atoms with van der Waals surface area (Å²) in [5.74, 6) is -0.939. The SMILES string of the molecule is Cc1nn(-c2ccc(Cl)cc2)c2sc(C(=O)OCC(=O)Nc3ccccc3)cc12. The van der Waals surface area contributed by atoms with Gasteiger partial charge in [-0.05, 0) is 49.4 Å². The van der Waals surface area contributed by atoms with E-state index in [1.807, 2.05) is 37.3 Å². The number of aryl methyl sites for hydroxylation is 1. The number of halogens is 1. The summed E-state index contributed by atoms with van der Waals surface area (Å²) in [6.07, 6.45) is 0.